The lowest BCUT2D eigenvalue weighted by molar-refractivity contribution is -0.130. The van der Waals surface area contributed by atoms with Gasteiger partial charge in [-0.2, -0.15) is 4.39 Å². The number of furan rings is 1. The largest absolute Gasteiger partial charge is 0.489 e. The number of fused-ring (bicyclic) bond motifs is 3. The molecule has 4 heterocycles. The van der Waals surface area contributed by atoms with Crippen molar-refractivity contribution in [3.05, 3.63) is 75.2 Å². The number of carbonyl (C=O) groups is 4. The van der Waals surface area contributed by atoms with Gasteiger partial charge in [0.1, 0.15) is 11.3 Å². The molecule has 0 bridgehead atoms. The molecule has 3 aliphatic heterocycles. The van der Waals surface area contributed by atoms with E-state index in [0.717, 1.165) is 11.1 Å². The minimum atomic E-state index is -1.79. The second-order valence-corrected chi connectivity index (χ2v) is 8.98. The molecule has 1 aliphatic carbocycles. The molecule has 1 aromatic heterocycles. The SMILES string of the molecule is COC1=C=C(F)C2=C(C=C1)CN(C[C@@]1(c3cc4c5c(cc(C)c4o3)CNC5=O)NC(=O)NC1=O)C2=O. The van der Waals surface area contributed by atoms with Crippen molar-refractivity contribution in [1.82, 2.24) is 20.9 Å². The fourth-order valence-corrected chi connectivity index (χ4v) is 5.12. The first kappa shape index (κ1) is 21.9. The average Bonchev–Trinajstić information content (AvgIpc) is 3.55. The van der Waals surface area contributed by atoms with Crippen LogP contribution in [-0.4, -0.2) is 48.9 Å². The Morgan fingerprint density at radius 3 is 2.75 bits per heavy atom. The number of carbonyl (C=O) groups excluding carboxylic acids is 4. The molecule has 0 saturated carbocycles. The van der Waals surface area contributed by atoms with Crippen molar-refractivity contribution in [2.45, 2.75) is 19.0 Å². The van der Waals surface area contributed by atoms with Crippen molar-refractivity contribution in [3.63, 3.8) is 0 Å². The highest BCUT2D eigenvalue weighted by molar-refractivity contribution is 6.12. The topological polar surface area (TPSA) is 130 Å². The van der Waals surface area contributed by atoms with E-state index in [4.69, 9.17) is 9.15 Å². The molecule has 5 amide bonds. The number of halogens is 1. The molecule has 36 heavy (non-hydrogen) atoms. The number of nitrogens with one attached hydrogen (secondary N) is 3. The van der Waals surface area contributed by atoms with Crippen LogP contribution in [0.1, 0.15) is 27.2 Å². The van der Waals surface area contributed by atoms with E-state index < -0.39 is 29.2 Å². The Morgan fingerprint density at radius 1 is 1.22 bits per heavy atom. The molecule has 10 nitrogen and oxygen atoms in total. The van der Waals surface area contributed by atoms with Crippen LogP contribution in [-0.2, 0) is 26.4 Å². The van der Waals surface area contributed by atoms with Crippen LogP contribution < -0.4 is 16.0 Å². The Kier molecular flexibility index (Phi) is 4.52. The summed E-state index contributed by atoms with van der Waals surface area (Å²) in [5.41, 5.74) is 3.18. The summed E-state index contributed by atoms with van der Waals surface area (Å²) in [4.78, 5) is 52.4. The van der Waals surface area contributed by atoms with Gasteiger partial charge in [0.25, 0.3) is 17.7 Å². The van der Waals surface area contributed by atoms with E-state index in [1.165, 1.54) is 18.1 Å². The first-order chi connectivity index (χ1) is 17.2. The van der Waals surface area contributed by atoms with Crippen molar-refractivity contribution in [2.24, 2.45) is 0 Å². The quantitative estimate of drug-likeness (QED) is 0.442. The number of ether oxygens (including phenoxy) is 1. The van der Waals surface area contributed by atoms with Crippen LogP contribution >= 0.6 is 0 Å². The monoisotopic (exact) mass is 490 g/mol. The summed E-state index contributed by atoms with van der Waals surface area (Å²) < 4.78 is 25.9. The predicted molar refractivity (Wildman–Crippen MR) is 122 cm³/mol. The van der Waals surface area contributed by atoms with E-state index in [1.807, 2.05) is 13.0 Å². The molecule has 1 saturated heterocycles. The van der Waals surface area contributed by atoms with Gasteiger partial charge in [-0.3, -0.25) is 19.7 Å². The molecule has 1 atom stereocenters. The van der Waals surface area contributed by atoms with E-state index in [0.29, 0.717) is 28.7 Å². The molecule has 0 radical (unpaired) electrons. The maximum atomic E-state index is 14.8. The number of hydrogen-bond acceptors (Lipinski definition) is 6. The number of imide groups is 1. The molecule has 182 valence electrons. The Hall–Kier alpha value is -4.63. The number of amides is 5. The number of benzene rings is 1. The Morgan fingerprint density at radius 2 is 2.03 bits per heavy atom. The van der Waals surface area contributed by atoms with Gasteiger partial charge in [0.05, 0.1) is 24.8 Å². The standard InChI is InChI=1S/C25H19FN4O6/c1-11-5-13-8-27-21(31)18(13)15-7-17(36-20(11)15)25(23(33)28-24(34)29-25)10-30-9-12-3-4-14(35-2)6-16(26)19(12)22(30)32/h3-5,7H,8-10H2,1-2H3,(H,27,31)(H2,28,29,33,34)/t25-/m0/s1. The van der Waals surface area contributed by atoms with E-state index in [2.05, 4.69) is 21.7 Å². The highest BCUT2D eigenvalue weighted by atomic mass is 19.1. The van der Waals surface area contributed by atoms with Gasteiger partial charge in [-0.15, -0.1) is 0 Å². The summed E-state index contributed by atoms with van der Waals surface area (Å²) in [6, 6.07) is 2.61. The van der Waals surface area contributed by atoms with Crippen LogP contribution in [0.3, 0.4) is 0 Å². The normalized spacial score (nSPS) is 22.8. The van der Waals surface area contributed by atoms with Gasteiger partial charge in [-0.25, -0.2) is 4.79 Å². The Balaban J connectivity index is 1.43. The fraction of sp³-hybridized carbons (Fsp3) is 0.240. The van der Waals surface area contributed by atoms with Crippen molar-refractivity contribution in [2.75, 3.05) is 20.2 Å². The number of rotatable bonds is 4. The third-order valence-electron chi connectivity index (χ3n) is 6.82. The Labute approximate surface area is 203 Å². The fourth-order valence-electron chi connectivity index (χ4n) is 5.12. The van der Waals surface area contributed by atoms with Gasteiger partial charge in [0.15, 0.2) is 17.1 Å². The lowest BCUT2D eigenvalue weighted by atomic mass is 9.94. The van der Waals surface area contributed by atoms with E-state index >= 15 is 0 Å². The molecular weight excluding hydrogens is 471 g/mol. The summed E-state index contributed by atoms with van der Waals surface area (Å²) in [6.07, 6.45) is 3.05. The summed E-state index contributed by atoms with van der Waals surface area (Å²) in [5.74, 6) is -2.36. The van der Waals surface area contributed by atoms with Gasteiger partial charge in [0, 0.05) is 18.5 Å². The van der Waals surface area contributed by atoms with Crippen LogP contribution in [0.2, 0.25) is 0 Å². The van der Waals surface area contributed by atoms with Crippen molar-refractivity contribution >= 4 is 34.7 Å². The van der Waals surface area contributed by atoms with Crippen molar-refractivity contribution in [1.29, 1.82) is 0 Å². The molecular formula is C25H19FN4O6. The number of hydrogen-bond donors (Lipinski definition) is 3. The highest BCUT2D eigenvalue weighted by Crippen LogP contribution is 2.38. The van der Waals surface area contributed by atoms with Crippen LogP contribution in [0.15, 0.2) is 57.2 Å². The zero-order valence-corrected chi connectivity index (χ0v) is 19.2. The van der Waals surface area contributed by atoms with E-state index in [9.17, 15) is 23.6 Å². The van der Waals surface area contributed by atoms with Crippen molar-refractivity contribution in [3.8, 4) is 0 Å². The van der Waals surface area contributed by atoms with Crippen LogP contribution in [0.25, 0.3) is 11.0 Å². The van der Waals surface area contributed by atoms with Gasteiger partial charge in [-0.1, -0.05) is 6.08 Å². The molecule has 3 N–H and O–H groups in total. The second-order valence-electron chi connectivity index (χ2n) is 8.98. The van der Waals surface area contributed by atoms with Gasteiger partial charge < -0.3 is 24.7 Å². The van der Waals surface area contributed by atoms with E-state index in [1.54, 1.807) is 12.1 Å². The van der Waals surface area contributed by atoms with E-state index in [-0.39, 0.29) is 36.1 Å². The number of urea groups is 1. The molecule has 0 spiro atoms. The minimum absolute atomic E-state index is 0.0152. The maximum absolute atomic E-state index is 14.8. The summed E-state index contributed by atoms with van der Waals surface area (Å²) in [7, 11) is 1.36. The van der Waals surface area contributed by atoms with Crippen molar-refractivity contribution < 1.29 is 32.7 Å². The second kappa shape index (κ2) is 7.43. The Bertz CT molecular complexity index is 1570. The van der Waals surface area contributed by atoms with Crippen LogP contribution in [0.4, 0.5) is 9.18 Å². The van der Waals surface area contributed by atoms with Gasteiger partial charge in [0.2, 0.25) is 0 Å². The third-order valence-corrected chi connectivity index (χ3v) is 6.82. The number of nitrogens with zero attached hydrogens (tertiary/aromatic N) is 1. The smallest absolute Gasteiger partial charge is 0.322 e. The molecule has 2 aromatic rings. The highest BCUT2D eigenvalue weighted by Gasteiger charge is 2.53. The maximum Gasteiger partial charge on any atom is 0.322 e. The first-order valence-electron chi connectivity index (χ1n) is 11.1. The summed E-state index contributed by atoms with van der Waals surface area (Å²) >= 11 is 0. The van der Waals surface area contributed by atoms with Gasteiger partial charge in [-0.05, 0) is 47.6 Å². The lowest BCUT2D eigenvalue weighted by Gasteiger charge is -2.29. The molecule has 4 aliphatic rings. The van der Waals surface area contributed by atoms with Crippen LogP contribution in [0.5, 0.6) is 0 Å². The summed E-state index contributed by atoms with van der Waals surface area (Å²) in [6.45, 7) is 1.84. The lowest BCUT2D eigenvalue weighted by Crippen LogP contribution is -2.53. The predicted octanol–water partition coefficient (Wildman–Crippen LogP) is 1.71. The molecule has 1 aromatic carbocycles. The minimum Gasteiger partial charge on any atom is -0.489 e. The number of aryl methyl sites for hydroxylation is 1. The van der Waals surface area contributed by atoms with Gasteiger partial charge >= 0.3 is 6.03 Å². The first-order valence-corrected chi connectivity index (χ1v) is 11.1. The molecule has 1 fully saturated rings. The molecule has 6 rings (SSSR count). The molecule has 0 unspecified atom stereocenters. The molecule has 11 heteroatoms. The zero-order valence-electron chi connectivity index (χ0n) is 19.2. The summed E-state index contributed by atoms with van der Waals surface area (Å²) in [5, 5.41) is 8.07. The third kappa shape index (κ3) is 2.96. The number of methoxy groups -OCH3 is 1. The zero-order chi connectivity index (χ0) is 25.4. The van der Waals surface area contributed by atoms with Crippen LogP contribution in [0, 0.1) is 6.92 Å². The average molecular weight is 490 g/mol.